The molecule has 116 valence electrons. The zero-order chi connectivity index (χ0) is 16.4. The van der Waals surface area contributed by atoms with Crippen LogP contribution in [0.3, 0.4) is 0 Å². The van der Waals surface area contributed by atoms with Gasteiger partial charge in [0.1, 0.15) is 0 Å². The molecule has 0 atom stereocenters. The monoisotopic (exact) mass is 370 g/mol. The van der Waals surface area contributed by atoms with Gasteiger partial charge < -0.3 is 0 Å². The molecule has 0 saturated heterocycles. The van der Waals surface area contributed by atoms with Crippen molar-refractivity contribution in [3.8, 4) is 17.2 Å². The van der Waals surface area contributed by atoms with E-state index in [9.17, 15) is 19.1 Å². The van der Waals surface area contributed by atoms with E-state index in [4.69, 9.17) is 0 Å². The first-order valence-electron chi connectivity index (χ1n) is 6.99. The van der Waals surface area contributed by atoms with E-state index in [2.05, 4.69) is 0 Å². The molecular formula is C18H15AsO4. The summed E-state index contributed by atoms with van der Waals surface area (Å²) in [6.07, 6.45) is 0. The fourth-order valence-corrected chi connectivity index (χ4v) is 8.23. The molecule has 0 saturated carbocycles. The summed E-state index contributed by atoms with van der Waals surface area (Å²) in [5.74, 6) is 0.0540. The second-order valence-electron chi connectivity index (χ2n) is 5.17. The Kier molecular flexibility index (Phi) is 3.93. The molecule has 0 fully saturated rings. The molecule has 0 aliphatic rings. The Bertz CT molecular complexity index is 787. The summed E-state index contributed by atoms with van der Waals surface area (Å²) in [5.41, 5.74) is 0. The quantitative estimate of drug-likeness (QED) is 0.606. The van der Waals surface area contributed by atoms with Crippen LogP contribution in [0, 0.1) is 0 Å². The maximum absolute atomic E-state index is 14.0. The predicted octanol–water partition coefficient (Wildman–Crippen LogP) is 1.20. The van der Waals surface area contributed by atoms with Crippen LogP contribution < -0.4 is 13.1 Å². The molecule has 0 unspecified atom stereocenters. The Hall–Kier alpha value is -2.58. The summed E-state index contributed by atoms with van der Waals surface area (Å²) >= 11 is -4.13. The van der Waals surface area contributed by atoms with Crippen LogP contribution in [0.1, 0.15) is 0 Å². The summed E-state index contributed by atoms with van der Waals surface area (Å²) in [7, 11) is 0. The Morgan fingerprint density at radius 2 is 0.870 bits per heavy atom. The van der Waals surface area contributed by atoms with Crippen molar-refractivity contribution < 1.29 is 19.1 Å². The Labute approximate surface area is 136 Å². The molecule has 3 aromatic carbocycles. The summed E-state index contributed by atoms with van der Waals surface area (Å²) in [4.78, 5) is 0. The normalized spacial score (nSPS) is 11.3. The second kappa shape index (κ2) is 5.90. The number of phenols is 3. The van der Waals surface area contributed by atoms with Gasteiger partial charge in [0.15, 0.2) is 0 Å². The standard InChI is InChI=1S/C18H15AsO4/c20-16-7-1-4-13(10-16)19(23,14-5-2-8-17(21)11-14)15-6-3-9-18(22)12-15/h1-12,20-22H. The van der Waals surface area contributed by atoms with E-state index in [1.54, 1.807) is 36.4 Å². The van der Waals surface area contributed by atoms with E-state index in [0.717, 1.165) is 0 Å². The summed E-state index contributed by atoms with van der Waals surface area (Å²) < 4.78 is 15.5. The van der Waals surface area contributed by atoms with E-state index in [1.165, 1.54) is 36.4 Å². The van der Waals surface area contributed by atoms with Crippen molar-refractivity contribution >= 4 is 26.5 Å². The van der Waals surface area contributed by atoms with Crippen molar-refractivity contribution in [2.75, 3.05) is 0 Å². The van der Waals surface area contributed by atoms with Crippen molar-refractivity contribution in [1.82, 2.24) is 0 Å². The molecule has 0 amide bonds. The molecular weight excluding hydrogens is 355 g/mol. The molecule has 0 aliphatic heterocycles. The fraction of sp³-hybridized carbons (Fsp3) is 0. The van der Waals surface area contributed by atoms with Gasteiger partial charge in [-0.2, -0.15) is 0 Å². The molecule has 0 spiro atoms. The topological polar surface area (TPSA) is 77.8 Å². The number of rotatable bonds is 3. The molecule has 3 rings (SSSR count). The van der Waals surface area contributed by atoms with Gasteiger partial charge in [-0.3, -0.25) is 0 Å². The van der Waals surface area contributed by atoms with Gasteiger partial charge in [0, 0.05) is 0 Å². The third kappa shape index (κ3) is 2.86. The summed E-state index contributed by atoms with van der Waals surface area (Å²) in [6.45, 7) is 0. The molecule has 3 aromatic rings. The molecule has 0 aromatic heterocycles. The third-order valence-electron chi connectivity index (χ3n) is 3.58. The number of phenolic OH excluding ortho intramolecular Hbond substituents is 3. The van der Waals surface area contributed by atoms with Gasteiger partial charge >= 0.3 is 136 Å². The zero-order valence-corrected chi connectivity index (χ0v) is 14.0. The van der Waals surface area contributed by atoms with Gasteiger partial charge in [-0.25, -0.2) is 0 Å². The SMILES string of the molecule is O=[As](c1cccc(O)c1)(c1cccc(O)c1)c1cccc(O)c1. The van der Waals surface area contributed by atoms with Crippen LogP contribution in [0.15, 0.2) is 72.8 Å². The predicted molar refractivity (Wildman–Crippen MR) is 89.7 cm³/mol. The van der Waals surface area contributed by atoms with E-state index in [0.29, 0.717) is 13.1 Å². The average Bonchev–Trinajstić information content (AvgIpc) is 2.54. The molecule has 4 nitrogen and oxygen atoms in total. The van der Waals surface area contributed by atoms with Gasteiger partial charge in [-0.05, 0) is 0 Å². The third-order valence-corrected chi connectivity index (χ3v) is 9.91. The maximum atomic E-state index is 14.0. The first-order chi connectivity index (χ1) is 11.0. The first-order valence-corrected chi connectivity index (χ1v) is 10.6. The van der Waals surface area contributed by atoms with Crippen molar-refractivity contribution in [1.29, 1.82) is 0 Å². The van der Waals surface area contributed by atoms with Crippen LogP contribution in [0.5, 0.6) is 17.2 Å². The molecule has 3 N–H and O–H groups in total. The van der Waals surface area contributed by atoms with Gasteiger partial charge in [-0.15, -0.1) is 0 Å². The molecule has 0 heterocycles. The van der Waals surface area contributed by atoms with Crippen molar-refractivity contribution in [2.24, 2.45) is 0 Å². The van der Waals surface area contributed by atoms with Crippen LogP contribution in [-0.4, -0.2) is 28.8 Å². The van der Waals surface area contributed by atoms with Crippen LogP contribution in [0.2, 0.25) is 0 Å². The first kappa shape index (κ1) is 15.3. The van der Waals surface area contributed by atoms with Crippen molar-refractivity contribution in [3.63, 3.8) is 0 Å². The Balaban J connectivity index is 2.32. The zero-order valence-electron chi connectivity index (χ0n) is 12.1. The molecule has 0 radical (unpaired) electrons. The van der Waals surface area contributed by atoms with Gasteiger partial charge in [0.25, 0.3) is 0 Å². The average molecular weight is 370 g/mol. The number of hydrogen-bond acceptors (Lipinski definition) is 4. The number of benzene rings is 3. The van der Waals surface area contributed by atoms with E-state index < -0.39 is 13.5 Å². The Morgan fingerprint density at radius 1 is 0.565 bits per heavy atom. The minimum atomic E-state index is -4.13. The van der Waals surface area contributed by atoms with Crippen LogP contribution in [-0.2, 0) is 3.74 Å². The van der Waals surface area contributed by atoms with E-state index in [-0.39, 0.29) is 17.2 Å². The van der Waals surface area contributed by atoms with Gasteiger partial charge in [0.2, 0.25) is 0 Å². The van der Waals surface area contributed by atoms with E-state index in [1.807, 2.05) is 0 Å². The van der Waals surface area contributed by atoms with Crippen molar-refractivity contribution in [2.45, 2.75) is 0 Å². The summed E-state index contributed by atoms with van der Waals surface area (Å²) in [6, 6.07) is 18.9. The molecule has 0 bridgehead atoms. The minimum absolute atomic E-state index is 0.0180. The van der Waals surface area contributed by atoms with Crippen molar-refractivity contribution in [3.05, 3.63) is 72.8 Å². The second-order valence-corrected chi connectivity index (χ2v) is 11.0. The van der Waals surface area contributed by atoms with E-state index >= 15 is 0 Å². The van der Waals surface area contributed by atoms with Crippen LogP contribution >= 0.6 is 0 Å². The Morgan fingerprint density at radius 3 is 1.13 bits per heavy atom. The molecule has 0 aliphatic carbocycles. The van der Waals surface area contributed by atoms with Gasteiger partial charge in [0.05, 0.1) is 0 Å². The summed E-state index contributed by atoms with van der Waals surface area (Å²) in [5, 5.41) is 29.3. The van der Waals surface area contributed by atoms with Crippen LogP contribution in [0.4, 0.5) is 0 Å². The number of aromatic hydroxyl groups is 3. The number of hydrogen-bond donors (Lipinski definition) is 3. The van der Waals surface area contributed by atoms with Crippen LogP contribution in [0.25, 0.3) is 0 Å². The molecule has 5 heteroatoms. The fourth-order valence-electron chi connectivity index (χ4n) is 2.51. The van der Waals surface area contributed by atoms with Gasteiger partial charge in [-0.1, -0.05) is 0 Å². The molecule has 23 heavy (non-hydrogen) atoms.